The van der Waals surface area contributed by atoms with Crippen LogP contribution in [0.4, 0.5) is 0 Å². The summed E-state index contributed by atoms with van der Waals surface area (Å²) in [5, 5.41) is 4.55. The summed E-state index contributed by atoms with van der Waals surface area (Å²) in [4.78, 5) is 39.8. The molecule has 2 aromatic heterocycles. The van der Waals surface area contributed by atoms with E-state index in [1.165, 1.54) is 11.6 Å². The van der Waals surface area contributed by atoms with Gasteiger partial charge in [-0.15, -0.1) is 0 Å². The van der Waals surface area contributed by atoms with E-state index in [9.17, 15) is 14.4 Å². The van der Waals surface area contributed by atoms with Gasteiger partial charge in [0.05, 0.1) is 24.9 Å². The van der Waals surface area contributed by atoms with Crippen molar-refractivity contribution in [2.45, 2.75) is 51.7 Å². The average Bonchev–Trinajstić information content (AvgIpc) is 3.28. The highest BCUT2D eigenvalue weighted by atomic mass is 16.5. The molecule has 4 heterocycles. The first-order valence-electron chi connectivity index (χ1n) is 9.53. The van der Waals surface area contributed by atoms with Crippen LogP contribution in [0, 0.1) is 0 Å². The minimum Gasteiger partial charge on any atom is -0.468 e. The highest BCUT2D eigenvalue weighted by Crippen LogP contribution is 2.29. The van der Waals surface area contributed by atoms with Gasteiger partial charge in [0.2, 0.25) is 0 Å². The maximum atomic E-state index is 13.1. The largest absolute Gasteiger partial charge is 0.468 e. The Morgan fingerprint density at radius 2 is 2.04 bits per heavy atom. The lowest BCUT2D eigenvalue weighted by atomic mass is 9.97. The molecule has 9 nitrogen and oxygen atoms in total. The molecule has 2 aliphatic heterocycles. The second-order valence-electron chi connectivity index (χ2n) is 7.55. The second-order valence-corrected chi connectivity index (χ2v) is 7.55. The number of rotatable bonds is 4. The van der Waals surface area contributed by atoms with Crippen LogP contribution in [-0.2, 0) is 27.4 Å². The summed E-state index contributed by atoms with van der Waals surface area (Å²) in [7, 11) is 1.30. The number of hydrogen-bond donors (Lipinski definition) is 0. The monoisotopic (exact) mass is 388 g/mol. The van der Waals surface area contributed by atoms with Crippen LogP contribution in [0.1, 0.15) is 54.4 Å². The van der Waals surface area contributed by atoms with Crippen molar-refractivity contribution in [3.63, 3.8) is 0 Å². The molecule has 0 aromatic carbocycles. The molecule has 2 aliphatic rings. The average molecular weight is 388 g/mol. The van der Waals surface area contributed by atoms with Gasteiger partial charge in [-0.05, 0) is 26.7 Å². The standard InChI is InChI=1S/C19H24N4O5/c1-11(2)21-9-13-17(19(21)26)22(10-16(24)27-3)15-8-14(20-23(15)18(13)25)12-4-6-28-7-5-12/h8,11-12H,4-7,9-10H2,1-3H3. The molecule has 150 valence electrons. The topological polar surface area (TPSA) is 95.1 Å². The number of hydrogen-bond acceptors (Lipinski definition) is 6. The minimum atomic E-state index is -0.489. The number of nitrogens with zero attached hydrogens (tertiary/aromatic N) is 4. The molecule has 2 aromatic rings. The van der Waals surface area contributed by atoms with Gasteiger partial charge in [-0.2, -0.15) is 9.61 Å². The van der Waals surface area contributed by atoms with Gasteiger partial charge in [-0.3, -0.25) is 14.4 Å². The molecule has 0 spiro atoms. The first-order chi connectivity index (χ1) is 13.4. The molecule has 0 bridgehead atoms. The summed E-state index contributed by atoms with van der Waals surface area (Å²) in [6, 6.07) is 1.75. The van der Waals surface area contributed by atoms with Crippen molar-refractivity contribution in [3.8, 4) is 0 Å². The molecule has 1 amide bonds. The molecule has 1 saturated heterocycles. The van der Waals surface area contributed by atoms with Crippen molar-refractivity contribution in [2.75, 3.05) is 20.3 Å². The van der Waals surface area contributed by atoms with Crippen molar-refractivity contribution < 1.29 is 19.1 Å². The minimum absolute atomic E-state index is 0.0593. The Morgan fingerprint density at radius 1 is 1.32 bits per heavy atom. The molecule has 1 fully saturated rings. The molecule has 0 aliphatic carbocycles. The van der Waals surface area contributed by atoms with Crippen LogP contribution in [-0.4, -0.2) is 57.3 Å². The van der Waals surface area contributed by atoms with E-state index in [1.807, 2.05) is 19.9 Å². The number of methoxy groups -OCH3 is 1. The zero-order valence-electron chi connectivity index (χ0n) is 16.3. The van der Waals surface area contributed by atoms with Crippen LogP contribution < -0.4 is 5.56 Å². The summed E-state index contributed by atoms with van der Waals surface area (Å²) >= 11 is 0. The van der Waals surface area contributed by atoms with E-state index >= 15 is 0 Å². The highest BCUT2D eigenvalue weighted by Gasteiger charge is 2.36. The van der Waals surface area contributed by atoms with Gasteiger partial charge in [-0.25, -0.2) is 0 Å². The summed E-state index contributed by atoms with van der Waals surface area (Å²) < 4.78 is 13.1. The Morgan fingerprint density at radius 3 is 2.68 bits per heavy atom. The highest BCUT2D eigenvalue weighted by molar-refractivity contribution is 5.97. The smallest absolute Gasteiger partial charge is 0.325 e. The third kappa shape index (κ3) is 2.90. The molecular weight excluding hydrogens is 364 g/mol. The Hall–Kier alpha value is -2.68. The first kappa shape index (κ1) is 18.7. The number of carbonyl (C=O) groups excluding carboxylic acids is 2. The lowest BCUT2D eigenvalue weighted by molar-refractivity contribution is -0.141. The Bertz CT molecular complexity index is 1000. The first-order valence-corrected chi connectivity index (χ1v) is 9.53. The van der Waals surface area contributed by atoms with Crippen LogP contribution in [0.15, 0.2) is 10.9 Å². The van der Waals surface area contributed by atoms with Gasteiger partial charge in [0.1, 0.15) is 17.9 Å². The van der Waals surface area contributed by atoms with Crippen molar-refractivity contribution in [2.24, 2.45) is 0 Å². The van der Waals surface area contributed by atoms with Crippen LogP contribution in [0.25, 0.3) is 5.65 Å². The van der Waals surface area contributed by atoms with Gasteiger partial charge in [0.15, 0.2) is 0 Å². The van der Waals surface area contributed by atoms with Crippen LogP contribution in [0.5, 0.6) is 0 Å². The number of carbonyl (C=O) groups is 2. The summed E-state index contributed by atoms with van der Waals surface area (Å²) in [5.41, 5.74) is 1.55. The molecule has 9 heteroatoms. The van der Waals surface area contributed by atoms with Gasteiger partial charge in [0, 0.05) is 31.2 Å². The van der Waals surface area contributed by atoms with Gasteiger partial charge in [0.25, 0.3) is 11.5 Å². The second kappa shape index (κ2) is 7.05. The predicted octanol–water partition coefficient (Wildman–Crippen LogP) is 0.927. The fourth-order valence-corrected chi connectivity index (χ4v) is 3.97. The maximum Gasteiger partial charge on any atom is 0.325 e. The Labute approximate surface area is 161 Å². The number of aromatic nitrogens is 3. The van der Waals surface area contributed by atoms with Crippen LogP contribution >= 0.6 is 0 Å². The van der Waals surface area contributed by atoms with Gasteiger partial charge >= 0.3 is 5.97 Å². The van der Waals surface area contributed by atoms with Crippen molar-refractivity contribution in [3.05, 3.63) is 33.4 Å². The molecular formula is C19H24N4O5. The summed E-state index contributed by atoms with van der Waals surface area (Å²) in [6.45, 7) is 5.17. The quantitative estimate of drug-likeness (QED) is 0.723. The number of esters is 1. The molecule has 0 saturated carbocycles. The molecule has 0 radical (unpaired) electrons. The predicted molar refractivity (Wildman–Crippen MR) is 99.3 cm³/mol. The van der Waals surface area contributed by atoms with E-state index in [0.717, 1.165) is 18.5 Å². The van der Waals surface area contributed by atoms with Crippen molar-refractivity contribution >= 4 is 17.5 Å². The zero-order chi connectivity index (χ0) is 20.0. The fourth-order valence-electron chi connectivity index (χ4n) is 3.97. The zero-order valence-corrected chi connectivity index (χ0v) is 16.3. The van der Waals surface area contributed by atoms with Crippen LogP contribution in [0.3, 0.4) is 0 Å². The van der Waals surface area contributed by atoms with E-state index < -0.39 is 5.97 Å². The maximum absolute atomic E-state index is 13.1. The summed E-state index contributed by atoms with van der Waals surface area (Å²) in [5.74, 6) is -0.544. The summed E-state index contributed by atoms with van der Waals surface area (Å²) in [6.07, 6.45) is 1.66. The number of fused-ring (bicyclic) bond motifs is 2. The third-order valence-corrected chi connectivity index (χ3v) is 5.56. The Balaban J connectivity index is 1.91. The van der Waals surface area contributed by atoms with Crippen molar-refractivity contribution in [1.82, 2.24) is 19.1 Å². The number of amides is 1. The molecule has 0 N–H and O–H groups in total. The van der Waals surface area contributed by atoms with E-state index in [4.69, 9.17) is 9.47 Å². The Kier molecular flexibility index (Phi) is 4.70. The van der Waals surface area contributed by atoms with Gasteiger partial charge < -0.3 is 18.9 Å². The van der Waals surface area contributed by atoms with Crippen molar-refractivity contribution in [1.29, 1.82) is 0 Å². The molecule has 0 atom stereocenters. The third-order valence-electron chi connectivity index (χ3n) is 5.56. The van der Waals surface area contributed by atoms with Crippen LogP contribution in [0.2, 0.25) is 0 Å². The molecule has 4 rings (SSSR count). The van der Waals surface area contributed by atoms with E-state index in [0.29, 0.717) is 24.4 Å². The lowest BCUT2D eigenvalue weighted by Crippen LogP contribution is -2.32. The van der Waals surface area contributed by atoms with E-state index in [-0.39, 0.29) is 42.2 Å². The van der Waals surface area contributed by atoms with Gasteiger partial charge in [-0.1, -0.05) is 0 Å². The molecule has 28 heavy (non-hydrogen) atoms. The SMILES string of the molecule is COC(=O)Cn1c2c(c(=O)n3nc(C4CCOCC4)cc13)CN(C(C)C)C2=O. The van der Waals surface area contributed by atoms with E-state index in [2.05, 4.69) is 5.10 Å². The lowest BCUT2D eigenvalue weighted by Gasteiger charge is -2.20. The molecule has 0 unspecified atom stereocenters. The van der Waals surface area contributed by atoms with E-state index in [1.54, 1.807) is 9.47 Å². The normalized spacial score (nSPS) is 17.6. The fraction of sp³-hybridized carbons (Fsp3) is 0.579. The number of ether oxygens (including phenoxy) is 2.